The number of furan rings is 1. The summed E-state index contributed by atoms with van der Waals surface area (Å²) in [6.07, 6.45) is 6.14. The van der Waals surface area contributed by atoms with Crippen molar-refractivity contribution in [1.82, 2.24) is 9.80 Å². The summed E-state index contributed by atoms with van der Waals surface area (Å²) in [7, 11) is 0. The number of carbonyl (C=O) groups is 3. The maximum absolute atomic E-state index is 12.9. The number of aliphatic carboxylic acids is 1. The van der Waals surface area contributed by atoms with E-state index in [-0.39, 0.29) is 23.7 Å². The summed E-state index contributed by atoms with van der Waals surface area (Å²) in [5, 5.41) is 9.51. The molecule has 132 valence electrons. The van der Waals surface area contributed by atoms with Gasteiger partial charge in [0.25, 0.3) is 5.91 Å². The van der Waals surface area contributed by atoms with E-state index in [9.17, 15) is 19.5 Å². The molecule has 2 bridgehead atoms. The quantitative estimate of drug-likeness (QED) is 0.829. The number of fused-ring (bicyclic) bond motifs is 2. The van der Waals surface area contributed by atoms with Crippen LogP contribution in [-0.4, -0.2) is 58.9 Å². The average molecular weight is 344 g/mol. The van der Waals surface area contributed by atoms with E-state index in [1.807, 2.05) is 12.2 Å². The first-order valence-corrected chi connectivity index (χ1v) is 8.59. The van der Waals surface area contributed by atoms with Crippen molar-refractivity contribution in [1.29, 1.82) is 0 Å². The van der Waals surface area contributed by atoms with Crippen molar-refractivity contribution in [2.24, 2.45) is 23.7 Å². The molecular weight excluding hydrogens is 324 g/mol. The van der Waals surface area contributed by atoms with Crippen LogP contribution in [0.2, 0.25) is 0 Å². The molecule has 1 N–H and O–H groups in total. The molecule has 0 unspecified atom stereocenters. The Hall–Kier alpha value is -2.57. The van der Waals surface area contributed by atoms with Crippen LogP contribution in [0.1, 0.15) is 17.0 Å². The van der Waals surface area contributed by atoms with Crippen LogP contribution in [0.25, 0.3) is 0 Å². The zero-order valence-electron chi connectivity index (χ0n) is 13.7. The molecule has 1 aromatic heterocycles. The minimum Gasteiger partial charge on any atom is -0.481 e. The summed E-state index contributed by atoms with van der Waals surface area (Å²) in [5.74, 6) is -1.95. The number of amides is 2. The molecule has 7 nitrogen and oxygen atoms in total. The first-order chi connectivity index (χ1) is 12.1. The first kappa shape index (κ1) is 15.9. The van der Waals surface area contributed by atoms with Crippen molar-refractivity contribution in [3.63, 3.8) is 0 Å². The smallest absolute Gasteiger partial charge is 0.307 e. The van der Waals surface area contributed by atoms with Gasteiger partial charge in [-0.15, -0.1) is 0 Å². The van der Waals surface area contributed by atoms with Crippen molar-refractivity contribution in [2.75, 3.05) is 26.2 Å². The van der Waals surface area contributed by atoms with Gasteiger partial charge >= 0.3 is 5.97 Å². The lowest BCUT2D eigenvalue weighted by Crippen LogP contribution is -2.53. The van der Waals surface area contributed by atoms with Crippen LogP contribution >= 0.6 is 0 Å². The summed E-state index contributed by atoms with van der Waals surface area (Å²) in [4.78, 5) is 40.2. The minimum absolute atomic E-state index is 0.0291. The Morgan fingerprint density at radius 3 is 2.24 bits per heavy atom. The van der Waals surface area contributed by atoms with Crippen molar-refractivity contribution in [3.05, 3.63) is 36.3 Å². The third-order valence-electron chi connectivity index (χ3n) is 5.64. The molecule has 2 amide bonds. The number of nitrogens with zero attached hydrogens (tertiary/aromatic N) is 2. The summed E-state index contributed by atoms with van der Waals surface area (Å²) < 4.78 is 5.13. The van der Waals surface area contributed by atoms with Crippen molar-refractivity contribution in [3.8, 4) is 0 Å². The van der Waals surface area contributed by atoms with E-state index in [0.717, 1.165) is 6.42 Å². The van der Waals surface area contributed by atoms with Crippen molar-refractivity contribution >= 4 is 17.8 Å². The molecule has 2 heterocycles. The number of carbonyl (C=O) groups excluding carboxylic acids is 2. The highest BCUT2D eigenvalue weighted by molar-refractivity contribution is 5.92. The lowest BCUT2D eigenvalue weighted by Gasteiger charge is -2.37. The van der Waals surface area contributed by atoms with Gasteiger partial charge in [0.2, 0.25) is 5.91 Å². The molecular formula is C18H20N2O5. The summed E-state index contributed by atoms with van der Waals surface area (Å²) in [5.41, 5.74) is 0. The highest BCUT2D eigenvalue weighted by Gasteiger charge is 2.52. The van der Waals surface area contributed by atoms with Gasteiger partial charge in [-0.3, -0.25) is 14.4 Å². The van der Waals surface area contributed by atoms with Crippen LogP contribution in [0.3, 0.4) is 0 Å². The second-order valence-electron chi connectivity index (χ2n) is 6.93. The number of carboxylic acid groups (broad SMARTS) is 1. The van der Waals surface area contributed by atoms with Crippen molar-refractivity contribution in [2.45, 2.75) is 6.42 Å². The van der Waals surface area contributed by atoms with Gasteiger partial charge in [-0.25, -0.2) is 0 Å². The molecule has 25 heavy (non-hydrogen) atoms. The van der Waals surface area contributed by atoms with E-state index in [4.69, 9.17) is 4.42 Å². The van der Waals surface area contributed by atoms with E-state index in [2.05, 4.69) is 0 Å². The number of hydrogen-bond acceptors (Lipinski definition) is 4. The SMILES string of the molecule is O=C(O)[C@H]1[C@H](C(=O)N2CCN(C(=O)c3ccco3)CC2)[C@H]2C=C[C@H]1C2. The molecule has 1 aromatic rings. The van der Waals surface area contributed by atoms with Crippen LogP contribution in [0.4, 0.5) is 0 Å². The summed E-state index contributed by atoms with van der Waals surface area (Å²) in [6, 6.07) is 3.29. The van der Waals surface area contributed by atoms with Gasteiger partial charge in [0.05, 0.1) is 18.1 Å². The van der Waals surface area contributed by atoms with Crippen LogP contribution < -0.4 is 0 Å². The van der Waals surface area contributed by atoms with Gasteiger partial charge in [0, 0.05) is 26.2 Å². The maximum Gasteiger partial charge on any atom is 0.307 e. The van der Waals surface area contributed by atoms with Crippen molar-refractivity contribution < 1.29 is 23.9 Å². The predicted molar refractivity (Wildman–Crippen MR) is 86.5 cm³/mol. The lowest BCUT2D eigenvalue weighted by molar-refractivity contribution is -0.151. The van der Waals surface area contributed by atoms with Gasteiger partial charge in [-0.2, -0.15) is 0 Å². The highest BCUT2D eigenvalue weighted by Crippen LogP contribution is 2.48. The second-order valence-corrected chi connectivity index (χ2v) is 6.93. The molecule has 0 aromatic carbocycles. The number of allylic oxidation sites excluding steroid dienone is 2. The molecule has 4 atom stereocenters. The normalized spacial score (nSPS) is 30.7. The number of rotatable bonds is 3. The molecule has 7 heteroatoms. The Morgan fingerprint density at radius 2 is 1.64 bits per heavy atom. The fourth-order valence-corrected chi connectivity index (χ4v) is 4.39. The zero-order valence-corrected chi connectivity index (χ0v) is 13.7. The first-order valence-electron chi connectivity index (χ1n) is 8.59. The minimum atomic E-state index is -0.887. The second kappa shape index (κ2) is 6.06. The third-order valence-corrected chi connectivity index (χ3v) is 5.64. The van der Waals surface area contributed by atoms with Crippen LogP contribution in [0, 0.1) is 23.7 Å². The largest absolute Gasteiger partial charge is 0.481 e. The number of hydrogen-bond donors (Lipinski definition) is 1. The fourth-order valence-electron chi connectivity index (χ4n) is 4.39. The van der Waals surface area contributed by atoms with Gasteiger partial charge in [0.15, 0.2) is 5.76 Å². The molecule has 1 aliphatic heterocycles. The van der Waals surface area contributed by atoms with Gasteiger partial charge in [-0.05, 0) is 30.4 Å². The van der Waals surface area contributed by atoms with Crippen LogP contribution in [0.5, 0.6) is 0 Å². The third kappa shape index (κ3) is 2.63. The topological polar surface area (TPSA) is 91.1 Å². The van der Waals surface area contributed by atoms with E-state index < -0.39 is 17.8 Å². The van der Waals surface area contributed by atoms with Crippen LogP contribution in [0.15, 0.2) is 35.0 Å². The Balaban J connectivity index is 1.41. The Labute approximate surface area is 144 Å². The molecule has 1 saturated heterocycles. The molecule has 4 rings (SSSR count). The Kier molecular flexibility index (Phi) is 3.86. The number of carboxylic acids is 1. The summed E-state index contributed by atoms with van der Waals surface area (Å²) in [6.45, 7) is 1.71. The molecule has 2 aliphatic carbocycles. The lowest BCUT2D eigenvalue weighted by atomic mass is 9.82. The maximum atomic E-state index is 12.9. The van der Waals surface area contributed by atoms with Gasteiger partial charge in [0.1, 0.15) is 0 Å². The summed E-state index contributed by atoms with van der Waals surface area (Å²) >= 11 is 0. The number of piperazine rings is 1. The molecule has 0 spiro atoms. The van der Waals surface area contributed by atoms with Gasteiger partial charge < -0.3 is 19.3 Å². The van der Waals surface area contributed by atoms with Crippen LogP contribution in [-0.2, 0) is 9.59 Å². The van der Waals surface area contributed by atoms with E-state index >= 15 is 0 Å². The molecule has 0 radical (unpaired) electrons. The average Bonchev–Trinajstić information content (AvgIpc) is 3.36. The van der Waals surface area contributed by atoms with E-state index in [0.29, 0.717) is 31.9 Å². The standard InChI is InChI=1S/C18H20N2O5/c21-16(13-2-1-9-25-13)19-5-7-20(8-6-19)17(22)14-11-3-4-12(10-11)15(14)18(23)24/h1-4,9,11-12,14-15H,5-8,10H2,(H,23,24)/t11-,12-,14+,15+/m0/s1. The molecule has 1 saturated carbocycles. The van der Waals surface area contributed by atoms with Gasteiger partial charge in [-0.1, -0.05) is 12.2 Å². The monoisotopic (exact) mass is 344 g/mol. The van der Waals surface area contributed by atoms with E-state index in [1.54, 1.807) is 21.9 Å². The molecule has 2 fully saturated rings. The Morgan fingerprint density at radius 1 is 1.00 bits per heavy atom. The fraction of sp³-hybridized carbons (Fsp3) is 0.500. The Bertz CT molecular complexity index is 718. The van der Waals surface area contributed by atoms with E-state index in [1.165, 1.54) is 6.26 Å². The highest BCUT2D eigenvalue weighted by atomic mass is 16.4. The predicted octanol–water partition coefficient (Wildman–Crippen LogP) is 1.09. The molecule has 3 aliphatic rings. The zero-order chi connectivity index (χ0) is 17.6.